The zero-order chi connectivity index (χ0) is 40.0. The van der Waals surface area contributed by atoms with Gasteiger partial charge in [0.05, 0.1) is 5.56 Å². The average molecular weight is 813 g/mol. The molecule has 0 aromatic heterocycles. The molecule has 0 amide bonds. The molecule has 13 heteroatoms. The zero-order valence-corrected chi connectivity index (χ0v) is 41.0. The van der Waals surface area contributed by atoms with Gasteiger partial charge in [0.25, 0.3) is 0 Å². The lowest BCUT2D eigenvalue weighted by Crippen LogP contribution is -2.60. The molecule has 3 aromatic carbocycles. The van der Waals surface area contributed by atoms with Gasteiger partial charge in [-0.3, -0.25) is 0 Å². The summed E-state index contributed by atoms with van der Waals surface area (Å²) in [7, 11) is -12.2. The van der Waals surface area contributed by atoms with Gasteiger partial charge in [-0.15, -0.1) is 0 Å². The Morgan fingerprint density at radius 3 is 1.10 bits per heavy atom. The van der Waals surface area contributed by atoms with E-state index in [2.05, 4.69) is 130 Å². The number of rotatable bonds is 11. The van der Waals surface area contributed by atoms with E-state index in [1.165, 1.54) is 28.4 Å². The smallest absolute Gasteiger partial charge is 0.416 e. The van der Waals surface area contributed by atoms with E-state index in [-0.39, 0.29) is 0 Å². The SMILES string of the molecule is CC.Cc1cc(-c2cccc(C(F)(F)F)c2)cc([Si](C)(O[Si](C)(C)C)O[Si](C)(C)C)c1.Cc1cc(C)cc([Si](C)(O[Si](C)(C)C)O[Si](C)(C)C)c1. The third-order valence-electron chi connectivity index (χ3n) is 6.87. The molecule has 0 aliphatic rings. The van der Waals surface area contributed by atoms with Crippen molar-refractivity contribution in [2.24, 2.45) is 0 Å². The predicted molar refractivity (Wildman–Crippen MR) is 229 cm³/mol. The molecular formula is C38H67F3O4Si6. The molecule has 288 valence electrons. The van der Waals surface area contributed by atoms with Crippen LogP contribution in [0.3, 0.4) is 0 Å². The molecule has 0 atom stereocenters. The number of aryl methyl sites for hydroxylation is 3. The lowest BCUT2D eigenvalue weighted by molar-refractivity contribution is -0.137. The van der Waals surface area contributed by atoms with E-state index in [0.29, 0.717) is 5.56 Å². The van der Waals surface area contributed by atoms with Crippen molar-refractivity contribution in [2.75, 3.05) is 0 Å². The zero-order valence-electron chi connectivity index (χ0n) is 35.0. The minimum Gasteiger partial charge on any atom is -0.433 e. The molecular weight excluding hydrogens is 746 g/mol. The van der Waals surface area contributed by atoms with Crippen LogP contribution >= 0.6 is 0 Å². The van der Waals surface area contributed by atoms with Crippen LogP contribution in [0.25, 0.3) is 11.1 Å². The molecule has 0 fully saturated rings. The van der Waals surface area contributed by atoms with Crippen molar-refractivity contribution in [2.45, 2.75) is 132 Å². The van der Waals surface area contributed by atoms with Gasteiger partial charge < -0.3 is 16.5 Å². The molecule has 0 heterocycles. The van der Waals surface area contributed by atoms with E-state index in [1.807, 2.05) is 32.9 Å². The molecule has 0 bridgehead atoms. The second-order valence-electron chi connectivity index (χ2n) is 17.3. The van der Waals surface area contributed by atoms with E-state index in [9.17, 15) is 13.2 Å². The number of alkyl halides is 3. The van der Waals surface area contributed by atoms with E-state index < -0.39 is 62.1 Å². The van der Waals surface area contributed by atoms with Crippen LogP contribution in [-0.2, 0) is 22.6 Å². The highest BCUT2D eigenvalue weighted by atomic mass is 28.5. The van der Waals surface area contributed by atoms with Gasteiger partial charge in [-0.2, -0.15) is 13.2 Å². The molecule has 0 aliphatic heterocycles. The van der Waals surface area contributed by atoms with Gasteiger partial charge in [0.1, 0.15) is 0 Å². The van der Waals surface area contributed by atoms with Gasteiger partial charge in [-0.1, -0.05) is 79.1 Å². The second-order valence-corrected chi connectivity index (χ2v) is 42.4. The third kappa shape index (κ3) is 17.1. The molecule has 3 rings (SSSR count). The normalized spacial score (nSPS) is 13.2. The Morgan fingerprint density at radius 2 is 0.765 bits per heavy atom. The van der Waals surface area contributed by atoms with Crippen LogP contribution in [0.5, 0.6) is 0 Å². The first-order valence-electron chi connectivity index (χ1n) is 18.0. The minimum atomic E-state index is -4.37. The fraction of sp³-hybridized carbons (Fsp3) is 0.526. The van der Waals surface area contributed by atoms with Gasteiger partial charge in [-0.25, -0.2) is 0 Å². The second kappa shape index (κ2) is 17.8. The van der Waals surface area contributed by atoms with Gasteiger partial charge in [0.2, 0.25) is 0 Å². The standard InChI is InChI=1S/C21H31F3O2Si3.C15H30O2Si3.C2H6/c1-16-12-18(17-10-9-11-19(14-17)21(22,23)24)15-20(13-16)29(8,25-27(2,3)4)26-28(5,6)7;1-13-10-14(2)12-15(11-13)20(9,16-18(3,4)5)17-19(6,7)8;1-2/h9-15H,1-8H3;10-12H,1-9H3;1-2H3. The molecule has 0 saturated carbocycles. The fourth-order valence-corrected chi connectivity index (χ4v) is 29.5. The van der Waals surface area contributed by atoms with Crippen LogP contribution in [0.2, 0.25) is 91.7 Å². The van der Waals surface area contributed by atoms with Crippen molar-refractivity contribution in [3.05, 3.63) is 82.9 Å². The highest BCUT2D eigenvalue weighted by molar-refractivity contribution is 6.95. The van der Waals surface area contributed by atoms with Crippen LogP contribution in [0, 0.1) is 20.8 Å². The van der Waals surface area contributed by atoms with Crippen molar-refractivity contribution < 1.29 is 29.6 Å². The molecule has 0 radical (unpaired) electrons. The average Bonchev–Trinajstić information content (AvgIpc) is 2.89. The van der Waals surface area contributed by atoms with Crippen LogP contribution in [-0.4, -0.2) is 50.4 Å². The summed E-state index contributed by atoms with van der Waals surface area (Å²) < 4.78 is 66.0. The number of benzene rings is 3. The van der Waals surface area contributed by atoms with E-state index >= 15 is 0 Å². The summed E-state index contributed by atoms with van der Waals surface area (Å²) in [6.45, 7) is 40.8. The van der Waals surface area contributed by atoms with Gasteiger partial charge in [-0.05, 0) is 146 Å². The maximum absolute atomic E-state index is 13.2. The Labute approximate surface area is 315 Å². The first kappa shape index (κ1) is 47.6. The van der Waals surface area contributed by atoms with Crippen molar-refractivity contribution >= 4 is 60.8 Å². The Bertz CT molecular complexity index is 1520. The maximum Gasteiger partial charge on any atom is 0.416 e. The largest absolute Gasteiger partial charge is 0.433 e. The van der Waals surface area contributed by atoms with Crippen LogP contribution in [0.4, 0.5) is 13.2 Å². The van der Waals surface area contributed by atoms with Crippen LogP contribution in [0.15, 0.2) is 60.7 Å². The van der Waals surface area contributed by atoms with Crippen LogP contribution in [0.1, 0.15) is 36.1 Å². The third-order valence-corrected chi connectivity index (χ3v) is 25.6. The molecule has 0 saturated heterocycles. The topological polar surface area (TPSA) is 36.9 Å². The molecule has 0 aliphatic carbocycles. The summed E-state index contributed by atoms with van der Waals surface area (Å²) in [5, 5.41) is 2.25. The van der Waals surface area contributed by atoms with Gasteiger partial charge in [0.15, 0.2) is 33.3 Å². The summed E-state index contributed by atoms with van der Waals surface area (Å²) in [6.07, 6.45) is -4.37. The quantitative estimate of drug-likeness (QED) is 0.181. The Balaban J connectivity index is 0.000000517. The summed E-state index contributed by atoms with van der Waals surface area (Å²) >= 11 is 0. The van der Waals surface area contributed by atoms with Crippen molar-refractivity contribution in [1.29, 1.82) is 0 Å². The molecule has 4 nitrogen and oxygen atoms in total. The molecule has 51 heavy (non-hydrogen) atoms. The summed E-state index contributed by atoms with van der Waals surface area (Å²) in [6, 6.07) is 18.1. The maximum atomic E-state index is 13.2. The number of halogens is 3. The van der Waals surface area contributed by atoms with Crippen molar-refractivity contribution in [3.8, 4) is 11.1 Å². The van der Waals surface area contributed by atoms with E-state index in [4.69, 9.17) is 16.5 Å². The molecule has 0 unspecified atom stereocenters. The fourth-order valence-electron chi connectivity index (χ4n) is 5.94. The molecule has 3 aromatic rings. The molecule has 0 spiro atoms. The Kier molecular flexibility index (Phi) is 16.6. The number of hydrogen-bond acceptors (Lipinski definition) is 4. The van der Waals surface area contributed by atoms with Crippen molar-refractivity contribution in [1.82, 2.24) is 0 Å². The highest BCUT2D eigenvalue weighted by Crippen LogP contribution is 2.33. The minimum absolute atomic E-state index is 0.544. The Morgan fingerprint density at radius 1 is 0.431 bits per heavy atom. The monoisotopic (exact) mass is 812 g/mol. The molecule has 0 N–H and O–H groups in total. The predicted octanol–water partition coefficient (Wildman–Crippen LogP) is 12.0. The lowest BCUT2D eigenvalue weighted by atomic mass is 10.0. The van der Waals surface area contributed by atoms with Crippen molar-refractivity contribution in [3.63, 3.8) is 0 Å². The number of hydrogen-bond donors (Lipinski definition) is 0. The lowest BCUT2D eigenvalue weighted by Gasteiger charge is -2.39. The summed E-state index contributed by atoms with van der Waals surface area (Å²) in [5.74, 6) is 0. The summed E-state index contributed by atoms with van der Waals surface area (Å²) in [5.41, 5.74) is 4.21. The van der Waals surface area contributed by atoms with E-state index in [0.717, 1.165) is 22.4 Å². The van der Waals surface area contributed by atoms with Crippen LogP contribution < -0.4 is 10.4 Å². The van der Waals surface area contributed by atoms with E-state index in [1.54, 1.807) is 6.07 Å². The Hall–Kier alpha value is -1.41. The van der Waals surface area contributed by atoms with Gasteiger partial charge in [0, 0.05) is 0 Å². The van der Waals surface area contributed by atoms with Gasteiger partial charge >= 0.3 is 23.3 Å². The highest BCUT2D eigenvalue weighted by Gasteiger charge is 2.43. The summed E-state index contributed by atoms with van der Waals surface area (Å²) in [4.78, 5) is 0. The first-order chi connectivity index (χ1) is 22.8. The first-order valence-corrected chi connectivity index (χ1v) is 36.3.